The molecule has 0 fully saturated rings. The van der Waals surface area contributed by atoms with Crippen molar-refractivity contribution < 1.29 is 4.92 Å². The molecule has 0 aliphatic heterocycles. The summed E-state index contributed by atoms with van der Waals surface area (Å²) in [7, 11) is 0. The second-order valence-corrected chi connectivity index (χ2v) is 4.88. The van der Waals surface area contributed by atoms with Crippen molar-refractivity contribution in [1.82, 2.24) is 0 Å². The molecule has 0 saturated carbocycles. The number of nitro benzene ring substituents is 1. The number of nitriles is 1. The van der Waals surface area contributed by atoms with Crippen molar-refractivity contribution in [3.63, 3.8) is 0 Å². The van der Waals surface area contributed by atoms with Crippen LogP contribution in [0.3, 0.4) is 0 Å². The zero-order chi connectivity index (χ0) is 15.4. The van der Waals surface area contributed by atoms with Gasteiger partial charge in [0.2, 0.25) is 0 Å². The number of rotatable bonds is 4. The van der Waals surface area contributed by atoms with Crippen LogP contribution < -0.4 is 5.32 Å². The van der Waals surface area contributed by atoms with Gasteiger partial charge in [-0.15, -0.1) is 0 Å². The van der Waals surface area contributed by atoms with Crippen molar-refractivity contribution in [1.29, 1.82) is 5.26 Å². The second-order valence-electron chi connectivity index (χ2n) is 4.88. The molecular formula is C16H15N3O2. The topological polar surface area (TPSA) is 79.0 Å². The molecule has 5 nitrogen and oxygen atoms in total. The zero-order valence-electron chi connectivity index (χ0n) is 11.8. The molecule has 1 atom stereocenters. The first kappa shape index (κ1) is 14.5. The highest BCUT2D eigenvalue weighted by atomic mass is 16.6. The molecule has 0 heterocycles. The Morgan fingerprint density at radius 3 is 2.48 bits per heavy atom. The predicted octanol–water partition coefficient (Wildman–Crippen LogP) is 3.95. The van der Waals surface area contributed by atoms with Gasteiger partial charge in [0.05, 0.1) is 16.6 Å². The summed E-state index contributed by atoms with van der Waals surface area (Å²) in [6, 6.07) is 14.1. The summed E-state index contributed by atoms with van der Waals surface area (Å²) in [5.74, 6) is 0. The Balaban J connectivity index is 2.31. The number of hydrogen-bond acceptors (Lipinski definition) is 4. The Hall–Kier alpha value is -2.87. The van der Waals surface area contributed by atoms with Gasteiger partial charge in [0.15, 0.2) is 0 Å². The van der Waals surface area contributed by atoms with E-state index in [0.29, 0.717) is 11.3 Å². The van der Waals surface area contributed by atoms with E-state index in [2.05, 4.69) is 5.32 Å². The van der Waals surface area contributed by atoms with Crippen LogP contribution in [0, 0.1) is 28.4 Å². The summed E-state index contributed by atoms with van der Waals surface area (Å²) in [5, 5.41) is 23.1. The molecule has 2 aromatic carbocycles. The second kappa shape index (κ2) is 6.06. The lowest BCUT2D eigenvalue weighted by molar-refractivity contribution is -0.384. The third-order valence-electron chi connectivity index (χ3n) is 3.27. The average Bonchev–Trinajstić information content (AvgIpc) is 2.47. The van der Waals surface area contributed by atoms with Crippen LogP contribution >= 0.6 is 0 Å². The first-order valence-electron chi connectivity index (χ1n) is 6.53. The molecule has 0 spiro atoms. The molecule has 1 N–H and O–H groups in total. The van der Waals surface area contributed by atoms with E-state index in [1.807, 2.05) is 44.2 Å². The van der Waals surface area contributed by atoms with Crippen molar-refractivity contribution >= 4 is 11.4 Å². The van der Waals surface area contributed by atoms with Crippen molar-refractivity contribution in [2.24, 2.45) is 0 Å². The van der Waals surface area contributed by atoms with Gasteiger partial charge in [0.1, 0.15) is 5.69 Å². The first-order valence-corrected chi connectivity index (χ1v) is 6.53. The average molecular weight is 281 g/mol. The molecule has 5 heteroatoms. The standard InChI is InChI=1S/C16H15N3O2/c1-11-3-6-14(7-4-11)12(2)18-15-9-13(10-17)5-8-16(15)19(20)21/h3-9,12,18H,1-2H3. The summed E-state index contributed by atoms with van der Waals surface area (Å²) in [5.41, 5.74) is 2.89. The Labute approximate surface area is 123 Å². The van der Waals surface area contributed by atoms with Gasteiger partial charge in [-0.25, -0.2) is 0 Å². The fourth-order valence-electron chi connectivity index (χ4n) is 2.05. The lowest BCUT2D eigenvalue weighted by Crippen LogP contribution is -2.08. The highest BCUT2D eigenvalue weighted by Gasteiger charge is 2.16. The van der Waals surface area contributed by atoms with Gasteiger partial charge in [-0.05, 0) is 31.5 Å². The lowest BCUT2D eigenvalue weighted by Gasteiger charge is -2.16. The van der Waals surface area contributed by atoms with Crippen LogP contribution in [0.2, 0.25) is 0 Å². The number of anilines is 1. The van der Waals surface area contributed by atoms with Gasteiger partial charge in [0, 0.05) is 12.1 Å². The van der Waals surface area contributed by atoms with Crippen LogP contribution in [-0.2, 0) is 0 Å². The van der Waals surface area contributed by atoms with Crippen LogP contribution in [-0.4, -0.2) is 4.92 Å². The first-order chi connectivity index (χ1) is 10.0. The monoisotopic (exact) mass is 281 g/mol. The SMILES string of the molecule is Cc1ccc(C(C)Nc2cc(C#N)ccc2[N+](=O)[O-])cc1. The molecule has 2 rings (SSSR count). The molecule has 0 aliphatic carbocycles. The summed E-state index contributed by atoms with van der Waals surface area (Å²) in [6.07, 6.45) is 0. The number of aryl methyl sites for hydroxylation is 1. The normalized spacial score (nSPS) is 11.5. The van der Waals surface area contributed by atoms with Gasteiger partial charge in [-0.2, -0.15) is 5.26 Å². The van der Waals surface area contributed by atoms with Crippen LogP contribution in [0.15, 0.2) is 42.5 Å². The molecule has 1 unspecified atom stereocenters. The maximum absolute atomic E-state index is 11.1. The fraction of sp³-hybridized carbons (Fsp3) is 0.188. The summed E-state index contributed by atoms with van der Waals surface area (Å²) in [4.78, 5) is 10.6. The minimum atomic E-state index is -0.453. The van der Waals surface area contributed by atoms with E-state index in [0.717, 1.165) is 11.1 Å². The van der Waals surface area contributed by atoms with Crippen molar-refractivity contribution in [3.05, 3.63) is 69.3 Å². The van der Waals surface area contributed by atoms with E-state index in [-0.39, 0.29) is 11.7 Å². The highest BCUT2D eigenvalue weighted by Crippen LogP contribution is 2.29. The zero-order valence-corrected chi connectivity index (χ0v) is 11.8. The molecule has 21 heavy (non-hydrogen) atoms. The Bertz CT molecular complexity index is 702. The van der Waals surface area contributed by atoms with Crippen molar-refractivity contribution in [2.45, 2.75) is 19.9 Å². The number of nitrogens with zero attached hydrogens (tertiary/aromatic N) is 2. The Morgan fingerprint density at radius 1 is 1.24 bits per heavy atom. The van der Waals surface area contributed by atoms with Gasteiger partial charge in [0.25, 0.3) is 5.69 Å². The largest absolute Gasteiger partial charge is 0.373 e. The van der Waals surface area contributed by atoms with E-state index >= 15 is 0 Å². The molecule has 2 aromatic rings. The van der Waals surface area contributed by atoms with E-state index < -0.39 is 4.92 Å². The fourth-order valence-corrected chi connectivity index (χ4v) is 2.05. The third kappa shape index (κ3) is 3.37. The number of nitrogens with one attached hydrogen (secondary N) is 1. The number of nitro groups is 1. The van der Waals surface area contributed by atoms with E-state index in [1.165, 1.54) is 18.2 Å². The molecule has 0 radical (unpaired) electrons. The molecule has 0 bridgehead atoms. The number of benzene rings is 2. The van der Waals surface area contributed by atoms with Crippen molar-refractivity contribution in [3.8, 4) is 6.07 Å². The summed E-state index contributed by atoms with van der Waals surface area (Å²) >= 11 is 0. The van der Waals surface area contributed by atoms with E-state index in [4.69, 9.17) is 5.26 Å². The van der Waals surface area contributed by atoms with Crippen molar-refractivity contribution in [2.75, 3.05) is 5.32 Å². The Morgan fingerprint density at radius 2 is 1.90 bits per heavy atom. The molecule has 0 aromatic heterocycles. The Kier molecular flexibility index (Phi) is 4.19. The number of hydrogen-bond donors (Lipinski definition) is 1. The smallest absolute Gasteiger partial charge is 0.292 e. The summed E-state index contributed by atoms with van der Waals surface area (Å²) < 4.78 is 0. The molecule has 106 valence electrons. The van der Waals surface area contributed by atoms with E-state index in [1.54, 1.807) is 0 Å². The van der Waals surface area contributed by atoms with Gasteiger partial charge >= 0.3 is 0 Å². The molecule has 0 saturated heterocycles. The van der Waals surface area contributed by atoms with Crippen LogP contribution in [0.5, 0.6) is 0 Å². The molecule has 0 aliphatic rings. The van der Waals surface area contributed by atoms with Crippen LogP contribution in [0.4, 0.5) is 11.4 Å². The maximum atomic E-state index is 11.1. The van der Waals surface area contributed by atoms with Gasteiger partial charge < -0.3 is 5.32 Å². The van der Waals surface area contributed by atoms with E-state index in [9.17, 15) is 10.1 Å². The van der Waals surface area contributed by atoms with Crippen LogP contribution in [0.1, 0.15) is 29.7 Å². The molecule has 0 amide bonds. The lowest BCUT2D eigenvalue weighted by atomic mass is 10.1. The highest BCUT2D eigenvalue weighted by molar-refractivity contribution is 5.65. The maximum Gasteiger partial charge on any atom is 0.292 e. The molecular weight excluding hydrogens is 266 g/mol. The third-order valence-corrected chi connectivity index (χ3v) is 3.27. The summed E-state index contributed by atoms with van der Waals surface area (Å²) in [6.45, 7) is 3.93. The van der Waals surface area contributed by atoms with Gasteiger partial charge in [-0.3, -0.25) is 10.1 Å². The minimum absolute atomic E-state index is 0.0343. The quantitative estimate of drug-likeness (QED) is 0.679. The minimum Gasteiger partial charge on any atom is -0.373 e. The van der Waals surface area contributed by atoms with Crippen LogP contribution in [0.25, 0.3) is 0 Å². The predicted molar refractivity (Wildman–Crippen MR) is 81.0 cm³/mol. The van der Waals surface area contributed by atoms with Gasteiger partial charge in [-0.1, -0.05) is 29.8 Å².